The number of methoxy groups -OCH3 is 1. The fourth-order valence-corrected chi connectivity index (χ4v) is 3.43. The van der Waals surface area contributed by atoms with Gasteiger partial charge in [0, 0.05) is 35.5 Å². The van der Waals surface area contributed by atoms with Gasteiger partial charge in [-0.2, -0.15) is 0 Å². The molecule has 1 saturated carbocycles. The molecule has 0 bridgehead atoms. The molecule has 1 aliphatic rings. The van der Waals surface area contributed by atoms with E-state index in [4.69, 9.17) is 9.47 Å². The molecule has 33 heavy (non-hydrogen) atoms. The lowest BCUT2D eigenvalue weighted by Crippen LogP contribution is -2.24. The van der Waals surface area contributed by atoms with Crippen LogP contribution in [0.2, 0.25) is 0 Å². The molecule has 0 saturated heterocycles. The summed E-state index contributed by atoms with van der Waals surface area (Å²) in [6.07, 6.45) is 3.79. The Kier molecular flexibility index (Phi) is 6.84. The quantitative estimate of drug-likeness (QED) is 0.505. The van der Waals surface area contributed by atoms with Crippen molar-refractivity contribution >= 4 is 5.91 Å². The molecular weight excluding hydrogens is 430 g/mol. The fourth-order valence-electron chi connectivity index (χ4n) is 3.43. The Morgan fingerprint density at radius 3 is 2.67 bits per heavy atom. The lowest BCUT2D eigenvalue weighted by Gasteiger charge is -2.15. The number of nitrogens with zero attached hydrogens (tertiary/aromatic N) is 1. The maximum atomic E-state index is 14.3. The second-order valence-electron chi connectivity index (χ2n) is 7.90. The van der Waals surface area contributed by atoms with Gasteiger partial charge in [-0.1, -0.05) is 6.07 Å². The summed E-state index contributed by atoms with van der Waals surface area (Å²) in [5, 5.41) is 12.3. The molecule has 0 radical (unpaired) electrons. The Bertz CT molecular complexity index is 1170. The molecule has 1 aromatic heterocycles. The molecular formula is C25H24F2N2O4. The maximum absolute atomic E-state index is 14.3. The van der Waals surface area contributed by atoms with Crippen LogP contribution >= 0.6 is 0 Å². The van der Waals surface area contributed by atoms with E-state index in [-0.39, 0.29) is 30.0 Å². The minimum atomic E-state index is -0.717. The summed E-state index contributed by atoms with van der Waals surface area (Å²) in [4.78, 5) is 17.4. The Labute approximate surface area is 190 Å². The van der Waals surface area contributed by atoms with Crippen LogP contribution in [-0.4, -0.2) is 29.7 Å². The van der Waals surface area contributed by atoms with Crippen molar-refractivity contribution in [2.75, 3.05) is 13.7 Å². The lowest BCUT2D eigenvalue weighted by atomic mass is 10.0. The highest BCUT2D eigenvalue weighted by atomic mass is 19.1. The van der Waals surface area contributed by atoms with Crippen molar-refractivity contribution < 1.29 is 28.2 Å². The summed E-state index contributed by atoms with van der Waals surface area (Å²) in [6.45, 7) is 0.0831. The third kappa shape index (κ3) is 5.28. The number of nitrogens with one attached hydrogen (secondary N) is 1. The largest absolute Gasteiger partial charge is 0.494 e. The van der Waals surface area contributed by atoms with Crippen LogP contribution in [-0.2, 0) is 13.2 Å². The number of hydrogen-bond acceptors (Lipinski definition) is 5. The van der Waals surface area contributed by atoms with Gasteiger partial charge >= 0.3 is 0 Å². The van der Waals surface area contributed by atoms with Gasteiger partial charge in [0.1, 0.15) is 11.6 Å². The summed E-state index contributed by atoms with van der Waals surface area (Å²) in [5.74, 6) is -1.24. The zero-order valence-electron chi connectivity index (χ0n) is 18.1. The standard InChI is InChI=1S/C25H24F2N2O4/c1-32-23-11-20(26)18(10-21(23)27)12-29-25(31)19-9-16(24-17(13-30)3-2-8-28-24)6-7-22(19)33-14-15-4-5-15/h2-3,6-11,15,30H,4-5,12-14H2,1H3,(H,29,31). The highest BCUT2D eigenvalue weighted by molar-refractivity contribution is 5.98. The zero-order chi connectivity index (χ0) is 23.4. The van der Waals surface area contributed by atoms with E-state index >= 15 is 0 Å². The molecule has 0 atom stereocenters. The molecule has 1 heterocycles. The zero-order valence-corrected chi connectivity index (χ0v) is 18.1. The Morgan fingerprint density at radius 2 is 1.94 bits per heavy atom. The Hall–Kier alpha value is -3.52. The van der Waals surface area contributed by atoms with Crippen LogP contribution in [0.15, 0.2) is 48.7 Å². The number of rotatable bonds is 9. The van der Waals surface area contributed by atoms with E-state index in [0.717, 1.165) is 25.0 Å². The minimum Gasteiger partial charge on any atom is -0.494 e. The van der Waals surface area contributed by atoms with E-state index in [9.17, 15) is 18.7 Å². The van der Waals surface area contributed by atoms with E-state index in [2.05, 4.69) is 10.3 Å². The van der Waals surface area contributed by atoms with E-state index in [1.165, 1.54) is 7.11 Å². The number of hydrogen-bond donors (Lipinski definition) is 2. The van der Waals surface area contributed by atoms with Gasteiger partial charge in [-0.25, -0.2) is 8.78 Å². The van der Waals surface area contributed by atoms with Gasteiger partial charge in [0.05, 0.1) is 31.6 Å². The van der Waals surface area contributed by atoms with E-state index in [0.29, 0.717) is 35.1 Å². The maximum Gasteiger partial charge on any atom is 0.255 e. The number of halogens is 2. The van der Waals surface area contributed by atoms with Crippen LogP contribution < -0.4 is 14.8 Å². The van der Waals surface area contributed by atoms with Crippen molar-refractivity contribution in [3.05, 3.63) is 77.0 Å². The monoisotopic (exact) mass is 454 g/mol. The molecule has 8 heteroatoms. The Morgan fingerprint density at radius 1 is 1.12 bits per heavy atom. The molecule has 4 rings (SSSR count). The van der Waals surface area contributed by atoms with Crippen molar-refractivity contribution in [3.63, 3.8) is 0 Å². The second-order valence-corrected chi connectivity index (χ2v) is 7.90. The Balaban J connectivity index is 1.60. The summed E-state index contributed by atoms with van der Waals surface area (Å²) < 4.78 is 38.9. The number of benzene rings is 2. The molecule has 1 amide bonds. The number of pyridine rings is 1. The first kappa shape index (κ1) is 22.7. The number of amides is 1. The molecule has 1 fully saturated rings. The first-order valence-electron chi connectivity index (χ1n) is 10.6. The molecule has 6 nitrogen and oxygen atoms in total. The SMILES string of the molecule is COc1cc(F)c(CNC(=O)c2cc(-c3ncccc3CO)ccc2OCC2CC2)cc1F. The molecule has 1 aliphatic carbocycles. The van der Waals surface area contributed by atoms with Crippen molar-refractivity contribution in [1.82, 2.24) is 10.3 Å². The number of carbonyl (C=O) groups is 1. The predicted octanol–water partition coefficient (Wildman–Crippen LogP) is 4.25. The fraction of sp³-hybridized carbons (Fsp3) is 0.280. The summed E-state index contributed by atoms with van der Waals surface area (Å²) in [6, 6.07) is 10.5. The van der Waals surface area contributed by atoms with E-state index in [1.807, 2.05) is 0 Å². The van der Waals surface area contributed by atoms with Crippen LogP contribution in [0.5, 0.6) is 11.5 Å². The van der Waals surface area contributed by atoms with Crippen LogP contribution in [0.1, 0.15) is 34.3 Å². The van der Waals surface area contributed by atoms with Crippen molar-refractivity contribution in [3.8, 4) is 22.8 Å². The third-order valence-corrected chi connectivity index (χ3v) is 5.49. The second kappa shape index (κ2) is 9.95. The first-order valence-corrected chi connectivity index (χ1v) is 10.6. The molecule has 0 unspecified atom stereocenters. The third-order valence-electron chi connectivity index (χ3n) is 5.49. The smallest absolute Gasteiger partial charge is 0.255 e. The van der Waals surface area contributed by atoms with Gasteiger partial charge in [0.15, 0.2) is 11.6 Å². The number of aliphatic hydroxyl groups excluding tert-OH is 1. The van der Waals surface area contributed by atoms with Gasteiger partial charge in [-0.15, -0.1) is 0 Å². The topological polar surface area (TPSA) is 80.7 Å². The van der Waals surface area contributed by atoms with Crippen LogP contribution in [0.4, 0.5) is 8.78 Å². The normalized spacial score (nSPS) is 13.0. The van der Waals surface area contributed by atoms with E-state index in [1.54, 1.807) is 36.5 Å². The van der Waals surface area contributed by atoms with E-state index < -0.39 is 17.5 Å². The average molecular weight is 454 g/mol. The summed E-state index contributed by atoms with van der Waals surface area (Å²) in [7, 11) is 1.25. The minimum absolute atomic E-state index is 0.00875. The van der Waals surface area contributed by atoms with Gasteiger partial charge in [-0.05, 0) is 49.1 Å². The average Bonchev–Trinajstić information content (AvgIpc) is 3.67. The first-order chi connectivity index (χ1) is 16.0. The molecule has 2 aromatic carbocycles. The van der Waals surface area contributed by atoms with Gasteiger partial charge < -0.3 is 19.9 Å². The lowest BCUT2D eigenvalue weighted by molar-refractivity contribution is 0.0946. The highest BCUT2D eigenvalue weighted by Crippen LogP contribution is 2.32. The predicted molar refractivity (Wildman–Crippen MR) is 118 cm³/mol. The molecule has 0 spiro atoms. The van der Waals surface area contributed by atoms with Gasteiger partial charge in [0.2, 0.25) is 0 Å². The molecule has 2 N–H and O–H groups in total. The number of ether oxygens (including phenoxy) is 2. The van der Waals surface area contributed by atoms with Crippen molar-refractivity contribution in [2.24, 2.45) is 5.92 Å². The number of aliphatic hydroxyl groups is 1. The van der Waals surface area contributed by atoms with Crippen molar-refractivity contribution in [1.29, 1.82) is 0 Å². The van der Waals surface area contributed by atoms with Gasteiger partial charge in [-0.3, -0.25) is 9.78 Å². The molecule has 0 aliphatic heterocycles. The molecule has 172 valence electrons. The van der Waals surface area contributed by atoms with Crippen LogP contribution in [0.25, 0.3) is 11.3 Å². The number of carbonyl (C=O) groups excluding carboxylic acids is 1. The van der Waals surface area contributed by atoms with Gasteiger partial charge in [0.25, 0.3) is 5.91 Å². The van der Waals surface area contributed by atoms with Crippen LogP contribution in [0, 0.1) is 17.6 Å². The summed E-state index contributed by atoms with van der Waals surface area (Å²) >= 11 is 0. The van der Waals surface area contributed by atoms with Crippen molar-refractivity contribution in [2.45, 2.75) is 26.0 Å². The highest BCUT2D eigenvalue weighted by Gasteiger charge is 2.24. The summed E-state index contributed by atoms with van der Waals surface area (Å²) in [5.41, 5.74) is 2.03. The molecule has 3 aromatic rings. The van der Waals surface area contributed by atoms with Crippen LogP contribution in [0.3, 0.4) is 0 Å². The number of aromatic nitrogens is 1.